The van der Waals surface area contributed by atoms with E-state index in [1.165, 1.54) is 6.33 Å². The number of aliphatic hydroxyl groups is 1. The Labute approximate surface area is 264 Å². The molecule has 6 rings (SSSR count). The molecule has 2 aromatic carbocycles. The molecule has 2 bridgehead atoms. The number of benzene rings is 2. The molecule has 8 heteroatoms. The lowest BCUT2D eigenvalue weighted by Gasteiger charge is -2.37. The summed E-state index contributed by atoms with van der Waals surface area (Å²) in [7, 11) is 0. The van der Waals surface area contributed by atoms with Crippen molar-refractivity contribution in [2.75, 3.05) is 31.1 Å². The quantitative estimate of drug-likeness (QED) is 0.306. The summed E-state index contributed by atoms with van der Waals surface area (Å²) in [6.07, 6.45) is 6.66. The van der Waals surface area contributed by atoms with Crippen molar-refractivity contribution in [2.45, 2.75) is 67.4 Å². The molecule has 1 fully saturated rings. The fraction of sp³-hybridized carbons (Fsp3) is 0.389. The van der Waals surface area contributed by atoms with Crippen molar-refractivity contribution in [3.05, 3.63) is 103 Å². The van der Waals surface area contributed by atoms with E-state index >= 15 is 0 Å². The van der Waals surface area contributed by atoms with Gasteiger partial charge in [0.25, 0.3) is 0 Å². The molecule has 1 amide bonds. The third kappa shape index (κ3) is 9.43. The van der Waals surface area contributed by atoms with Gasteiger partial charge in [-0.05, 0) is 42.3 Å². The second-order valence-electron chi connectivity index (χ2n) is 8.79. The molecule has 2 N–H and O–H groups in total. The number of rotatable bonds is 2. The van der Waals surface area contributed by atoms with Crippen LogP contribution in [0.5, 0.6) is 17.2 Å². The molecular weight excluding hydrogens is 552 g/mol. The minimum atomic E-state index is -1.44. The van der Waals surface area contributed by atoms with Crippen molar-refractivity contribution in [1.82, 2.24) is 14.9 Å². The van der Waals surface area contributed by atoms with Gasteiger partial charge in [0.05, 0.1) is 30.5 Å². The Kier molecular flexibility index (Phi) is 17.2. The van der Waals surface area contributed by atoms with Gasteiger partial charge in [-0.3, -0.25) is 9.69 Å². The zero-order valence-electron chi connectivity index (χ0n) is 27.9. The van der Waals surface area contributed by atoms with Gasteiger partial charge in [-0.1, -0.05) is 98.9 Å². The zero-order valence-corrected chi connectivity index (χ0v) is 27.9. The number of aromatic amines is 1. The molecule has 240 valence electrons. The van der Waals surface area contributed by atoms with E-state index in [4.69, 9.17) is 9.47 Å². The van der Waals surface area contributed by atoms with Gasteiger partial charge in [0, 0.05) is 19.6 Å². The van der Waals surface area contributed by atoms with Crippen molar-refractivity contribution in [2.24, 2.45) is 0 Å². The molecule has 0 saturated carbocycles. The highest BCUT2D eigenvalue weighted by molar-refractivity contribution is 5.97. The number of H-pyrrole nitrogens is 1. The third-order valence-corrected chi connectivity index (χ3v) is 6.51. The molecule has 2 atom stereocenters. The second kappa shape index (κ2) is 19.9. The van der Waals surface area contributed by atoms with Crippen LogP contribution in [0, 0.1) is 0 Å². The van der Waals surface area contributed by atoms with E-state index in [1.54, 1.807) is 35.4 Å². The van der Waals surface area contributed by atoms with Crippen molar-refractivity contribution in [1.29, 1.82) is 0 Å². The van der Waals surface area contributed by atoms with Gasteiger partial charge in [0.15, 0.2) is 17.2 Å². The van der Waals surface area contributed by atoms with Crippen LogP contribution >= 0.6 is 0 Å². The number of hydrogen-bond donors (Lipinski definition) is 2. The molecule has 0 spiro atoms. The first kappa shape index (κ1) is 37.9. The number of nitrogens with one attached hydrogen (secondary N) is 1. The fourth-order valence-corrected chi connectivity index (χ4v) is 4.60. The molecule has 1 saturated heterocycles. The van der Waals surface area contributed by atoms with E-state index in [-0.39, 0.29) is 12.5 Å². The minimum Gasteiger partial charge on any atom is -0.454 e. The van der Waals surface area contributed by atoms with E-state index in [9.17, 15) is 9.90 Å². The Hall–Kier alpha value is -4.14. The van der Waals surface area contributed by atoms with Gasteiger partial charge in [0.1, 0.15) is 11.4 Å². The summed E-state index contributed by atoms with van der Waals surface area (Å²) in [6, 6.07) is 14.7. The van der Waals surface area contributed by atoms with E-state index in [1.807, 2.05) is 96.7 Å². The van der Waals surface area contributed by atoms with Gasteiger partial charge in [-0.2, -0.15) is 0 Å². The lowest BCUT2D eigenvalue weighted by molar-refractivity contribution is -0.121. The predicted molar refractivity (Wildman–Crippen MR) is 182 cm³/mol. The molecule has 3 aromatic rings. The maximum atomic E-state index is 13.2. The van der Waals surface area contributed by atoms with Crippen molar-refractivity contribution in [3.63, 3.8) is 0 Å². The number of para-hydroxylation sites is 4. The third-order valence-electron chi connectivity index (χ3n) is 6.51. The summed E-state index contributed by atoms with van der Waals surface area (Å²) in [5, 5.41) is 11.9. The van der Waals surface area contributed by atoms with Crippen LogP contribution in [-0.2, 0) is 10.4 Å². The standard InChI is InChI=1S/C28H28N4O4.4C2H6/c1-3-21-16-20(2)35-24-10-6-7-11-25(24)36-23-9-5-4-8-22(23)32-15-14-31(18-27(32)33)13-12-28(21,34)26-17-29-19-30-26;4*1-2/h3-11,16-17,19,34H,1-2,12-15,18H2,(H,29,30);4*1-2H3/b21-16+;;;;. The van der Waals surface area contributed by atoms with Crippen molar-refractivity contribution < 1.29 is 19.4 Å². The van der Waals surface area contributed by atoms with Crippen LogP contribution in [0.2, 0.25) is 0 Å². The van der Waals surface area contributed by atoms with Crippen LogP contribution in [0.25, 0.3) is 0 Å². The number of anilines is 1. The first-order valence-electron chi connectivity index (χ1n) is 15.8. The lowest BCUT2D eigenvalue weighted by Crippen LogP contribution is -2.51. The second-order valence-corrected chi connectivity index (χ2v) is 8.79. The summed E-state index contributed by atoms with van der Waals surface area (Å²) in [6.45, 7) is 25.8. The monoisotopic (exact) mass is 604 g/mol. The molecule has 44 heavy (non-hydrogen) atoms. The van der Waals surface area contributed by atoms with Gasteiger partial charge < -0.3 is 24.5 Å². The molecule has 1 aromatic heterocycles. The first-order valence-corrected chi connectivity index (χ1v) is 15.8. The Balaban J connectivity index is 0.00000112. The summed E-state index contributed by atoms with van der Waals surface area (Å²) in [5.41, 5.74) is 0.276. The molecule has 4 heterocycles. The number of nitrogens with zero attached hydrogens (tertiary/aromatic N) is 3. The molecule has 0 aliphatic carbocycles. The maximum absolute atomic E-state index is 13.2. The molecule has 3 aliphatic rings. The summed E-state index contributed by atoms with van der Waals surface area (Å²) in [5.74, 6) is 1.75. The number of carbonyl (C=O) groups excluding carboxylic acids is 1. The van der Waals surface area contributed by atoms with E-state index in [2.05, 4.69) is 23.1 Å². The van der Waals surface area contributed by atoms with Crippen LogP contribution in [-0.4, -0.2) is 52.1 Å². The summed E-state index contributed by atoms with van der Waals surface area (Å²) >= 11 is 0. The number of aromatic nitrogens is 2. The molecule has 8 nitrogen and oxygen atoms in total. The molecule has 3 aliphatic heterocycles. The Bertz CT molecular complexity index is 1320. The van der Waals surface area contributed by atoms with Gasteiger partial charge in [0.2, 0.25) is 5.91 Å². The topological polar surface area (TPSA) is 90.9 Å². The highest BCUT2D eigenvalue weighted by Gasteiger charge is 2.36. The predicted octanol–water partition coefficient (Wildman–Crippen LogP) is 8.25. The summed E-state index contributed by atoms with van der Waals surface area (Å²) in [4.78, 5) is 24.1. The van der Waals surface area contributed by atoms with Crippen LogP contribution in [0.1, 0.15) is 67.5 Å². The van der Waals surface area contributed by atoms with Crippen LogP contribution in [0.15, 0.2) is 97.7 Å². The average molecular weight is 605 g/mol. The number of piperazine rings is 1. The van der Waals surface area contributed by atoms with Gasteiger partial charge in [-0.15, -0.1) is 0 Å². The van der Waals surface area contributed by atoms with E-state index in [0.29, 0.717) is 66.0 Å². The number of amides is 1. The Morgan fingerprint density at radius 3 is 2.05 bits per heavy atom. The van der Waals surface area contributed by atoms with Gasteiger partial charge in [-0.25, -0.2) is 4.98 Å². The van der Waals surface area contributed by atoms with Crippen LogP contribution < -0.4 is 14.4 Å². The number of fused-ring (bicyclic) bond motifs is 7. The summed E-state index contributed by atoms with van der Waals surface area (Å²) < 4.78 is 12.3. The SMILES string of the molecule is C=C/C1=C\C(=C)Oc2ccccc2Oc2ccccc2N2CCN(CCC1(O)c1cnc[nH]1)CC2=O.CC.CC.CC.CC. The maximum Gasteiger partial charge on any atom is 0.241 e. The van der Waals surface area contributed by atoms with Crippen LogP contribution in [0.4, 0.5) is 5.69 Å². The highest BCUT2D eigenvalue weighted by Crippen LogP contribution is 2.39. The number of carbonyl (C=O) groups is 1. The highest BCUT2D eigenvalue weighted by atomic mass is 16.5. The van der Waals surface area contributed by atoms with Crippen molar-refractivity contribution >= 4 is 11.6 Å². The van der Waals surface area contributed by atoms with Gasteiger partial charge >= 0.3 is 0 Å². The number of allylic oxidation sites excluding steroid dienone is 1. The minimum absolute atomic E-state index is 0.0353. The molecule has 2 unspecified atom stereocenters. The van der Waals surface area contributed by atoms with E-state index < -0.39 is 5.60 Å². The number of hydrogen-bond acceptors (Lipinski definition) is 6. The Morgan fingerprint density at radius 1 is 0.886 bits per heavy atom. The Morgan fingerprint density at radius 2 is 1.48 bits per heavy atom. The molecule has 0 radical (unpaired) electrons. The number of imidazole rings is 1. The lowest BCUT2D eigenvalue weighted by atomic mass is 9.86. The number of ether oxygens (including phenoxy) is 2. The fourth-order valence-electron chi connectivity index (χ4n) is 4.60. The first-order chi connectivity index (χ1) is 21.5. The van der Waals surface area contributed by atoms with Crippen molar-refractivity contribution in [3.8, 4) is 17.2 Å². The smallest absolute Gasteiger partial charge is 0.241 e. The largest absolute Gasteiger partial charge is 0.454 e. The normalized spacial score (nSPS) is 20.2. The van der Waals surface area contributed by atoms with E-state index in [0.717, 1.165) is 0 Å². The average Bonchev–Trinajstić information content (AvgIpc) is 3.63. The molecular formula is C36H52N4O4. The van der Waals surface area contributed by atoms with Crippen LogP contribution in [0.3, 0.4) is 0 Å². The zero-order chi connectivity index (χ0) is 33.1.